The normalized spacial score (nSPS) is 15.0. The molecule has 6 heteroatoms. The van der Waals surface area contributed by atoms with Crippen molar-refractivity contribution in [1.82, 2.24) is 9.29 Å². The van der Waals surface area contributed by atoms with Crippen LogP contribution < -0.4 is 10.2 Å². The molecule has 3 rings (SSSR count). The van der Waals surface area contributed by atoms with Gasteiger partial charge in [0.15, 0.2) is 0 Å². The molecule has 1 aliphatic rings. The summed E-state index contributed by atoms with van der Waals surface area (Å²) in [5.41, 5.74) is 1.84. The Morgan fingerprint density at radius 3 is 2.52 bits per heavy atom. The molecule has 1 aliphatic heterocycles. The molecule has 1 N–H and O–H groups in total. The standard InChI is InChI=1S/C19H22N4OS/c1-3-19(24)21-16-7-9-17(10-8-16)25-23-13-11-22(12-14-23)18-6-4-5-15(2)20-18/h3-10H,1,11-14H2,2H3,(H,21,24). The first-order chi connectivity index (χ1) is 12.1. The number of hydrogen-bond donors (Lipinski definition) is 1. The van der Waals surface area contributed by atoms with Crippen molar-refractivity contribution >= 4 is 29.4 Å². The van der Waals surface area contributed by atoms with E-state index in [0.717, 1.165) is 43.4 Å². The summed E-state index contributed by atoms with van der Waals surface area (Å²) < 4.78 is 2.36. The number of nitrogens with one attached hydrogen (secondary N) is 1. The largest absolute Gasteiger partial charge is 0.354 e. The SMILES string of the molecule is C=CC(=O)Nc1ccc(SN2CCN(c3cccc(C)n3)CC2)cc1. The van der Waals surface area contributed by atoms with E-state index in [1.54, 1.807) is 11.9 Å². The van der Waals surface area contributed by atoms with Crippen LogP contribution in [0.4, 0.5) is 11.5 Å². The number of amides is 1. The van der Waals surface area contributed by atoms with Crippen LogP contribution in [0.3, 0.4) is 0 Å². The van der Waals surface area contributed by atoms with Crippen LogP contribution in [0.25, 0.3) is 0 Å². The number of aryl methyl sites for hydroxylation is 1. The van der Waals surface area contributed by atoms with Crippen molar-refractivity contribution < 1.29 is 4.79 Å². The molecular weight excluding hydrogens is 332 g/mol. The summed E-state index contributed by atoms with van der Waals surface area (Å²) in [7, 11) is 0. The van der Waals surface area contributed by atoms with Gasteiger partial charge < -0.3 is 10.2 Å². The van der Waals surface area contributed by atoms with Crippen LogP contribution >= 0.6 is 11.9 Å². The van der Waals surface area contributed by atoms with Crippen LogP contribution in [-0.2, 0) is 4.79 Å². The van der Waals surface area contributed by atoms with E-state index in [4.69, 9.17) is 0 Å². The lowest BCUT2D eigenvalue weighted by atomic mass is 10.3. The van der Waals surface area contributed by atoms with Crippen LogP contribution in [0, 0.1) is 6.92 Å². The lowest BCUT2D eigenvalue weighted by Crippen LogP contribution is -2.43. The van der Waals surface area contributed by atoms with E-state index >= 15 is 0 Å². The summed E-state index contributed by atoms with van der Waals surface area (Å²) >= 11 is 1.75. The van der Waals surface area contributed by atoms with Crippen molar-refractivity contribution in [2.75, 3.05) is 36.4 Å². The van der Waals surface area contributed by atoms with E-state index in [9.17, 15) is 4.79 Å². The highest BCUT2D eigenvalue weighted by Gasteiger charge is 2.18. The van der Waals surface area contributed by atoms with Crippen LogP contribution in [0.1, 0.15) is 5.69 Å². The highest BCUT2D eigenvalue weighted by molar-refractivity contribution is 7.97. The molecular formula is C19H22N4OS. The fraction of sp³-hybridized carbons (Fsp3) is 0.263. The lowest BCUT2D eigenvalue weighted by Gasteiger charge is -2.34. The van der Waals surface area contributed by atoms with Gasteiger partial charge in [0.1, 0.15) is 5.82 Å². The quantitative estimate of drug-likeness (QED) is 0.659. The summed E-state index contributed by atoms with van der Waals surface area (Å²) in [5, 5.41) is 2.76. The molecule has 0 unspecified atom stereocenters. The van der Waals surface area contributed by atoms with Gasteiger partial charge in [0.05, 0.1) is 0 Å². The molecule has 1 fully saturated rings. The third-order valence-corrected chi connectivity index (χ3v) is 5.08. The molecule has 25 heavy (non-hydrogen) atoms. The highest BCUT2D eigenvalue weighted by atomic mass is 32.2. The van der Waals surface area contributed by atoms with E-state index in [0.29, 0.717) is 0 Å². The van der Waals surface area contributed by atoms with Crippen molar-refractivity contribution in [3.8, 4) is 0 Å². The number of carbonyl (C=O) groups excluding carboxylic acids is 1. The first-order valence-electron chi connectivity index (χ1n) is 8.29. The smallest absolute Gasteiger partial charge is 0.247 e. The Labute approximate surface area is 152 Å². The van der Waals surface area contributed by atoms with Crippen molar-refractivity contribution in [3.63, 3.8) is 0 Å². The minimum Gasteiger partial charge on any atom is -0.354 e. The van der Waals surface area contributed by atoms with Crippen molar-refractivity contribution in [1.29, 1.82) is 0 Å². The predicted octanol–water partition coefficient (Wildman–Crippen LogP) is 3.34. The molecule has 0 aliphatic carbocycles. The Hall–Kier alpha value is -2.31. The maximum atomic E-state index is 11.3. The van der Waals surface area contributed by atoms with Crippen LogP contribution in [0.2, 0.25) is 0 Å². The molecule has 0 atom stereocenters. The van der Waals surface area contributed by atoms with E-state index in [2.05, 4.69) is 38.2 Å². The minimum atomic E-state index is -0.193. The Balaban J connectivity index is 1.52. The molecule has 1 saturated heterocycles. The zero-order valence-electron chi connectivity index (χ0n) is 14.3. The second-order valence-electron chi connectivity index (χ2n) is 5.86. The van der Waals surface area contributed by atoms with Gasteiger partial charge in [0.25, 0.3) is 0 Å². The molecule has 0 saturated carbocycles. The molecule has 1 aromatic carbocycles. The van der Waals surface area contributed by atoms with E-state index < -0.39 is 0 Å². The second kappa shape index (κ2) is 8.18. The molecule has 2 heterocycles. The molecule has 130 valence electrons. The van der Waals surface area contributed by atoms with Gasteiger partial charge in [-0.25, -0.2) is 9.29 Å². The molecule has 1 amide bonds. The highest BCUT2D eigenvalue weighted by Crippen LogP contribution is 2.26. The van der Waals surface area contributed by atoms with Crippen molar-refractivity contribution in [2.24, 2.45) is 0 Å². The number of nitrogens with zero attached hydrogens (tertiary/aromatic N) is 3. The summed E-state index contributed by atoms with van der Waals surface area (Å²) in [5.74, 6) is 0.869. The second-order valence-corrected chi connectivity index (χ2v) is 7.03. The zero-order valence-corrected chi connectivity index (χ0v) is 15.1. The maximum absolute atomic E-state index is 11.3. The van der Waals surface area contributed by atoms with Gasteiger partial charge in [-0.05, 0) is 61.3 Å². The predicted molar refractivity (Wildman–Crippen MR) is 104 cm³/mol. The Kier molecular flexibility index (Phi) is 5.73. The fourth-order valence-corrected chi connectivity index (χ4v) is 3.56. The third kappa shape index (κ3) is 4.84. The summed E-state index contributed by atoms with van der Waals surface area (Å²) in [4.78, 5) is 19.4. The summed E-state index contributed by atoms with van der Waals surface area (Å²) in [6, 6.07) is 14.0. The minimum absolute atomic E-state index is 0.193. The Bertz CT molecular complexity index is 739. The van der Waals surface area contributed by atoms with Crippen LogP contribution in [-0.4, -0.2) is 41.4 Å². The summed E-state index contributed by atoms with van der Waals surface area (Å²) in [6.07, 6.45) is 1.27. The monoisotopic (exact) mass is 354 g/mol. The van der Waals surface area contributed by atoms with Gasteiger partial charge in [-0.2, -0.15) is 0 Å². The van der Waals surface area contributed by atoms with Gasteiger partial charge in [-0.1, -0.05) is 12.6 Å². The van der Waals surface area contributed by atoms with Crippen molar-refractivity contribution in [3.05, 3.63) is 60.8 Å². The van der Waals surface area contributed by atoms with Crippen LogP contribution in [0.15, 0.2) is 60.0 Å². The number of piperazine rings is 1. The van der Waals surface area contributed by atoms with Gasteiger partial charge in [0.2, 0.25) is 5.91 Å². The number of carbonyl (C=O) groups is 1. The van der Waals surface area contributed by atoms with Crippen LogP contribution in [0.5, 0.6) is 0 Å². The molecule has 5 nitrogen and oxygen atoms in total. The topological polar surface area (TPSA) is 48.5 Å². The third-order valence-electron chi connectivity index (χ3n) is 3.98. The van der Waals surface area contributed by atoms with Gasteiger partial charge >= 0.3 is 0 Å². The van der Waals surface area contributed by atoms with E-state index in [-0.39, 0.29) is 5.91 Å². The summed E-state index contributed by atoms with van der Waals surface area (Å²) in [6.45, 7) is 9.38. The average molecular weight is 354 g/mol. The zero-order chi connectivity index (χ0) is 17.6. The van der Waals surface area contributed by atoms with Crippen molar-refractivity contribution in [2.45, 2.75) is 11.8 Å². The molecule has 0 spiro atoms. The number of rotatable bonds is 5. The number of pyridine rings is 1. The number of aromatic nitrogens is 1. The van der Waals surface area contributed by atoms with E-state index in [1.165, 1.54) is 11.0 Å². The van der Waals surface area contributed by atoms with Gasteiger partial charge in [0, 0.05) is 42.5 Å². The molecule has 0 radical (unpaired) electrons. The number of anilines is 2. The van der Waals surface area contributed by atoms with Gasteiger partial charge in [-0.3, -0.25) is 4.79 Å². The maximum Gasteiger partial charge on any atom is 0.247 e. The Morgan fingerprint density at radius 2 is 1.88 bits per heavy atom. The molecule has 1 aromatic heterocycles. The molecule has 0 bridgehead atoms. The lowest BCUT2D eigenvalue weighted by molar-refractivity contribution is -0.111. The molecule has 2 aromatic rings. The number of benzene rings is 1. The average Bonchev–Trinajstić information content (AvgIpc) is 2.64. The Morgan fingerprint density at radius 1 is 1.16 bits per heavy atom. The van der Waals surface area contributed by atoms with E-state index in [1.807, 2.05) is 37.3 Å². The van der Waals surface area contributed by atoms with Gasteiger partial charge in [-0.15, -0.1) is 0 Å². The fourth-order valence-electron chi connectivity index (χ4n) is 2.65. The first-order valence-corrected chi connectivity index (χ1v) is 9.06. The number of hydrogen-bond acceptors (Lipinski definition) is 5. The first kappa shape index (κ1) is 17.5.